The van der Waals surface area contributed by atoms with Crippen LogP contribution in [0.3, 0.4) is 0 Å². The van der Waals surface area contributed by atoms with E-state index in [-0.39, 0.29) is 24.8 Å². The molecule has 4 heteroatoms. The average molecular weight is 263 g/mol. The summed E-state index contributed by atoms with van der Waals surface area (Å²) < 4.78 is 5.11. The van der Waals surface area contributed by atoms with Crippen LogP contribution in [-0.4, -0.2) is 17.8 Å². The number of hydrogen-bond donors (Lipinski definition) is 1. The zero-order valence-electron chi connectivity index (χ0n) is 11.3. The van der Waals surface area contributed by atoms with E-state index in [0.717, 1.165) is 12.0 Å². The van der Waals surface area contributed by atoms with Gasteiger partial charge in [-0.25, -0.2) is 0 Å². The van der Waals surface area contributed by atoms with Crippen LogP contribution in [0.1, 0.15) is 38.2 Å². The summed E-state index contributed by atoms with van der Waals surface area (Å²) in [5.74, 6) is -0.304. The quantitative estimate of drug-likeness (QED) is 0.730. The van der Waals surface area contributed by atoms with Crippen molar-refractivity contribution in [2.24, 2.45) is 5.73 Å². The van der Waals surface area contributed by atoms with Crippen molar-refractivity contribution in [3.05, 3.63) is 35.9 Å². The van der Waals surface area contributed by atoms with Crippen LogP contribution >= 0.6 is 0 Å². The molecule has 4 nitrogen and oxygen atoms in total. The van der Waals surface area contributed by atoms with Gasteiger partial charge in [-0.05, 0) is 18.4 Å². The topological polar surface area (TPSA) is 69.4 Å². The lowest BCUT2D eigenvalue weighted by molar-refractivity contribution is -0.145. The van der Waals surface area contributed by atoms with Gasteiger partial charge in [0.2, 0.25) is 0 Å². The molecule has 1 aromatic carbocycles. The molecule has 0 saturated carbocycles. The first-order chi connectivity index (χ1) is 9.13. The van der Waals surface area contributed by atoms with Crippen molar-refractivity contribution in [3.8, 4) is 0 Å². The minimum atomic E-state index is -0.552. The molecule has 1 aromatic rings. The van der Waals surface area contributed by atoms with E-state index in [1.165, 1.54) is 0 Å². The summed E-state index contributed by atoms with van der Waals surface area (Å²) in [7, 11) is 0. The number of nitrogens with two attached hydrogens (primary N) is 1. The summed E-state index contributed by atoms with van der Waals surface area (Å²) in [5.41, 5.74) is 6.65. The Morgan fingerprint density at radius 1 is 1.21 bits per heavy atom. The summed E-state index contributed by atoms with van der Waals surface area (Å²) in [6, 6.07) is 8.92. The smallest absolute Gasteiger partial charge is 0.306 e. The highest BCUT2D eigenvalue weighted by Crippen LogP contribution is 2.05. The van der Waals surface area contributed by atoms with Crippen molar-refractivity contribution in [3.63, 3.8) is 0 Å². The van der Waals surface area contributed by atoms with Crippen molar-refractivity contribution in [1.82, 2.24) is 0 Å². The molecule has 0 aliphatic heterocycles. The monoisotopic (exact) mass is 263 g/mol. The van der Waals surface area contributed by atoms with Crippen LogP contribution in [-0.2, 0) is 20.9 Å². The van der Waals surface area contributed by atoms with E-state index in [2.05, 4.69) is 0 Å². The van der Waals surface area contributed by atoms with Gasteiger partial charge in [0.15, 0.2) is 0 Å². The molecular weight excluding hydrogens is 242 g/mol. The molecule has 104 valence electrons. The van der Waals surface area contributed by atoms with Crippen LogP contribution in [0, 0.1) is 0 Å². The SMILES string of the molecule is CCCC(=O)C(N)CCC(=O)OCc1ccccc1. The highest BCUT2D eigenvalue weighted by atomic mass is 16.5. The number of benzene rings is 1. The summed E-state index contributed by atoms with van der Waals surface area (Å²) in [5, 5.41) is 0. The zero-order chi connectivity index (χ0) is 14.1. The summed E-state index contributed by atoms with van der Waals surface area (Å²) >= 11 is 0. The second-order valence-corrected chi connectivity index (χ2v) is 4.51. The Morgan fingerprint density at radius 2 is 1.89 bits per heavy atom. The molecule has 0 radical (unpaired) electrons. The maximum Gasteiger partial charge on any atom is 0.306 e. The Hall–Kier alpha value is -1.68. The number of Topliss-reactive ketones (excluding diaryl/α,β-unsaturated/α-hetero) is 1. The molecule has 1 unspecified atom stereocenters. The highest BCUT2D eigenvalue weighted by Gasteiger charge is 2.14. The summed E-state index contributed by atoms with van der Waals surface area (Å²) in [6.45, 7) is 2.19. The van der Waals surface area contributed by atoms with Crippen LogP contribution < -0.4 is 5.73 Å². The Balaban J connectivity index is 2.23. The molecular formula is C15H21NO3. The lowest BCUT2D eigenvalue weighted by Gasteiger charge is -2.09. The third-order valence-corrected chi connectivity index (χ3v) is 2.81. The first-order valence-corrected chi connectivity index (χ1v) is 6.61. The van der Waals surface area contributed by atoms with Crippen molar-refractivity contribution >= 4 is 11.8 Å². The molecule has 2 N–H and O–H groups in total. The van der Waals surface area contributed by atoms with Gasteiger partial charge in [0.1, 0.15) is 12.4 Å². The van der Waals surface area contributed by atoms with E-state index in [1.54, 1.807) is 0 Å². The van der Waals surface area contributed by atoms with E-state index in [0.29, 0.717) is 12.8 Å². The standard InChI is InChI=1S/C15H21NO3/c1-2-6-14(17)13(16)9-10-15(18)19-11-12-7-4-3-5-8-12/h3-5,7-8,13H,2,6,9-11,16H2,1H3. The predicted octanol–water partition coefficient (Wildman–Crippen LogP) is 2.21. The van der Waals surface area contributed by atoms with Gasteiger partial charge in [0.25, 0.3) is 0 Å². The van der Waals surface area contributed by atoms with Gasteiger partial charge >= 0.3 is 5.97 Å². The molecule has 0 aromatic heterocycles. The Morgan fingerprint density at radius 3 is 2.53 bits per heavy atom. The fraction of sp³-hybridized carbons (Fsp3) is 0.467. The van der Waals surface area contributed by atoms with E-state index in [9.17, 15) is 9.59 Å². The van der Waals surface area contributed by atoms with Crippen molar-refractivity contribution in [1.29, 1.82) is 0 Å². The lowest BCUT2D eigenvalue weighted by atomic mass is 10.0. The first kappa shape index (κ1) is 15.4. The van der Waals surface area contributed by atoms with Gasteiger partial charge in [-0.2, -0.15) is 0 Å². The molecule has 0 saturated heterocycles. The third kappa shape index (κ3) is 6.15. The Kier molecular flexibility index (Phi) is 6.82. The summed E-state index contributed by atoms with van der Waals surface area (Å²) in [6.07, 6.45) is 1.79. The van der Waals surface area contributed by atoms with Crippen LogP contribution in [0.5, 0.6) is 0 Å². The number of rotatable bonds is 8. The van der Waals surface area contributed by atoms with Gasteiger partial charge in [-0.15, -0.1) is 0 Å². The number of carbonyl (C=O) groups excluding carboxylic acids is 2. The molecule has 1 atom stereocenters. The molecule has 0 bridgehead atoms. The maximum absolute atomic E-state index is 11.5. The fourth-order valence-electron chi connectivity index (χ4n) is 1.68. The van der Waals surface area contributed by atoms with Crippen molar-refractivity contribution in [2.75, 3.05) is 0 Å². The Labute approximate surface area is 113 Å². The van der Waals surface area contributed by atoms with Crippen LogP contribution in [0.15, 0.2) is 30.3 Å². The van der Waals surface area contributed by atoms with E-state index in [4.69, 9.17) is 10.5 Å². The fourth-order valence-corrected chi connectivity index (χ4v) is 1.68. The highest BCUT2D eigenvalue weighted by molar-refractivity contribution is 5.84. The van der Waals surface area contributed by atoms with Gasteiger partial charge in [0.05, 0.1) is 6.04 Å². The molecule has 0 heterocycles. The minimum Gasteiger partial charge on any atom is -0.461 e. The number of esters is 1. The van der Waals surface area contributed by atoms with Gasteiger partial charge < -0.3 is 10.5 Å². The summed E-state index contributed by atoms with van der Waals surface area (Å²) in [4.78, 5) is 23.0. The molecule has 0 fully saturated rings. The van der Waals surface area contributed by atoms with Crippen LogP contribution in [0.25, 0.3) is 0 Å². The third-order valence-electron chi connectivity index (χ3n) is 2.81. The molecule has 0 amide bonds. The minimum absolute atomic E-state index is 0.0124. The van der Waals surface area contributed by atoms with Crippen molar-refractivity contribution < 1.29 is 14.3 Å². The second-order valence-electron chi connectivity index (χ2n) is 4.51. The molecule has 19 heavy (non-hydrogen) atoms. The maximum atomic E-state index is 11.5. The van der Waals surface area contributed by atoms with Crippen molar-refractivity contribution in [2.45, 2.75) is 45.3 Å². The lowest BCUT2D eigenvalue weighted by Crippen LogP contribution is -2.31. The van der Waals surface area contributed by atoms with Crippen LogP contribution in [0.2, 0.25) is 0 Å². The molecule has 0 aliphatic rings. The van der Waals surface area contributed by atoms with E-state index in [1.807, 2.05) is 37.3 Å². The van der Waals surface area contributed by atoms with E-state index >= 15 is 0 Å². The number of hydrogen-bond acceptors (Lipinski definition) is 4. The normalized spacial score (nSPS) is 11.9. The van der Waals surface area contributed by atoms with Gasteiger partial charge in [0, 0.05) is 12.8 Å². The van der Waals surface area contributed by atoms with Gasteiger partial charge in [-0.1, -0.05) is 37.3 Å². The largest absolute Gasteiger partial charge is 0.461 e. The number of ketones is 1. The second kappa shape index (κ2) is 8.43. The van der Waals surface area contributed by atoms with Crippen LogP contribution in [0.4, 0.5) is 0 Å². The first-order valence-electron chi connectivity index (χ1n) is 6.61. The molecule has 0 spiro atoms. The zero-order valence-corrected chi connectivity index (χ0v) is 11.3. The molecule has 0 aliphatic carbocycles. The Bertz CT molecular complexity index is 403. The molecule has 1 rings (SSSR count). The number of ether oxygens (including phenoxy) is 1. The predicted molar refractivity (Wildman–Crippen MR) is 73.4 cm³/mol. The average Bonchev–Trinajstić information content (AvgIpc) is 2.43. The van der Waals surface area contributed by atoms with E-state index < -0.39 is 6.04 Å². The van der Waals surface area contributed by atoms with Gasteiger partial charge in [-0.3, -0.25) is 9.59 Å². The number of carbonyl (C=O) groups is 2.